The molecule has 0 bridgehead atoms. The molecule has 2 atom stereocenters. The predicted molar refractivity (Wildman–Crippen MR) is 64.8 cm³/mol. The highest BCUT2D eigenvalue weighted by atomic mass is 15.2. The molecule has 1 heterocycles. The van der Waals surface area contributed by atoms with Crippen molar-refractivity contribution in [3.8, 4) is 0 Å². The number of hydrogen-bond donors (Lipinski definition) is 0. The molecule has 1 saturated heterocycles. The summed E-state index contributed by atoms with van der Waals surface area (Å²) in [6.45, 7) is 4.66. The fourth-order valence-corrected chi connectivity index (χ4v) is 2.85. The van der Waals surface area contributed by atoms with Gasteiger partial charge in [0.15, 0.2) is 0 Å². The highest BCUT2D eigenvalue weighted by Crippen LogP contribution is 2.37. The van der Waals surface area contributed by atoms with Gasteiger partial charge in [-0.25, -0.2) is 0 Å². The van der Waals surface area contributed by atoms with Crippen LogP contribution in [0.1, 0.15) is 38.3 Å². The molecule has 0 radical (unpaired) electrons. The van der Waals surface area contributed by atoms with Crippen LogP contribution in [0.5, 0.6) is 0 Å². The molecule has 0 aromatic heterocycles. The summed E-state index contributed by atoms with van der Waals surface area (Å²) in [7, 11) is 2.27. The van der Waals surface area contributed by atoms with Crippen molar-refractivity contribution in [2.45, 2.75) is 38.8 Å². The molecule has 1 aromatic rings. The van der Waals surface area contributed by atoms with Crippen molar-refractivity contribution < 1.29 is 0 Å². The first kappa shape index (κ1) is 10.7. The maximum absolute atomic E-state index is 2.56. The lowest BCUT2D eigenvalue weighted by Crippen LogP contribution is -2.31. The van der Waals surface area contributed by atoms with Crippen molar-refractivity contribution in [3.63, 3.8) is 0 Å². The highest BCUT2D eigenvalue weighted by molar-refractivity contribution is 5.20. The van der Waals surface area contributed by atoms with Gasteiger partial charge in [-0.2, -0.15) is 0 Å². The van der Waals surface area contributed by atoms with Crippen molar-refractivity contribution in [3.05, 3.63) is 35.9 Å². The van der Waals surface area contributed by atoms with Crippen LogP contribution in [-0.2, 0) is 0 Å². The molecule has 82 valence electrons. The van der Waals surface area contributed by atoms with E-state index in [-0.39, 0.29) is 0 Å². The van der Waals surface area contributed by atoms with E-state index in [0.29, 0.717) is 6.04 Å². The average Bonchev–Trinajstić information content (AvgIpc) is 2.61. The number of likely N-dealkylation sites (tertiary alicyclic amines) is 1. The summed E-state index contributed by atoms with van der Waals surface area (Å²) < 4.78 is 0. The summed E-state index contributed by atoms with van der Waals surface area (Å²) in [5.41, 5.74) is 1.48. The van der Waals surface area contributed by atoms with Gasteiger partial charge in [-0.3, -0.25) is 4.90 Å². The summed E-state index contributed by atoms with van der Waals surface area (Å²) in [6.07, 6.45) is 2.65. The van der Waals surface area contributed by atoms with Gasteiger partial charge in [0.1, 0.15) is 0 Å². The predicted octanol–water partition coefficient (Wildman–Crippen LogP) is 3.48. The van der Waals surface area contributed by atoms with E-state index in [1.807, 2.05) is 0 Å². The zero-order valence-corrected chi connectivity index (χ0v) is 9.98. The molecule has 2 rings (SSSR count). The number of hydrogen-bond acceptors (Lipinski definition) is 1. The van der Waals surface area contributed by atoms with Crippen LogP contribution in [0.15, 0.2) is 30.3 Å². The van der Waals surface area contributed by atoms with E-state index in [1.54, 1.807) is 0 Å². The molecule has 15 heavy (non-hydrogen) atoms. The van der Waals surface area contributed by atoms with Crippen LogP contribution in [0.4, 0.5) is 0 Å². The van der Waals surface area contributed by atoms with Crippen LogP contribution in [0.3, 0.4) is 0 Å². The zero-order chi connectivity index (χ0) is 10.8. The number of nitrogens with zero attached hydrogens (tertiary/aromatic N) is 1. The molecule has 1 aliphatic rings. The minimum Gasteiger partial charge on any atom is -0.296 e. The quantitative estimate of drug-likeness (QED) is 0.711. The molecule has 0 aliphatic carbocycles. The van der Waals surface area contributed by atoms with Gasteiger partial charge >= 0.3 is 0 Å². The van der Waals surface area contributed by atoms with E-state index in [1.165, 1.54) is 18.4 Å². The third-order valence-electron chi connectivity index (χ3n) is 3.70. The van der Waals surface area contributed by atoms with E-state index < -0.39 is 0 Å². The number of rotatable bonds is 2. The summed E-state index contributed by atoms with van der Waals surface area (Å²) in [4.78, 5) is 2.56. The molecule has 1 fully saturated rings. The summed E-state index contributed by atoms with van der Waals surface area (Å²) in [5.74, 6) is 0.767. The monoisotopic (exact) mass is 203 g/mol. The summed E-state index contributed by atoms with van der Waals surface area (Å²) in [5, 5.41) is 0. The van der Waals surface area contributed by atoms with Crippen molar-refractivity contribution >= 4 is 0 Å². The smallest absolute Gasteiger partial charge is 0.0348 e. The van der Waals surface area contributed by atoms with Gasteiger partial charge in [0.05, 0.1) is 0 Å². The van der Waals surface area contributed by atoms with E-state index >= 15 is 0 Å². The first-order chi connectivity index (χ1) is 7.20. The molecular formula is C14H21N. The van der Waals surface area contributed by atoms with Crippen molar-refractivity contribution in [2.24, 2.45) is 5.92 Å². The van der Waals surface area contributed by atoms with Crippen LogP contribution in [0.25, 0.3) is 0 Å². The van der Waals surface area contributed by atoms with Gasteiger partial charge in [-0.15, -0.1) is 0 Å². The molecule has 0 N–H and O–H groups in total. The van der Waals surface area contributed by atoms with Gasteiger partial charge in [0, 0.05) is 12.1 Å². The third kappa shape index (κ3) is 2.07. The SMILES string of the molecule is CC(C)C1CCC(c2ccccc2)N1C. The fourth-order valence-electron chi connectivity index (χ4n) is 2.85. The Morgan fingerprint density at radius 3 is 2.33 bits per heavy atom. The van der Waals surface area contributed by atoms with E-state index in [9.17, 15) is 0 Å². The minimum absolute atomic E-state index is 0.638. The highest BCUT2D eigenvalue weighted by Gasteiger charge is 2.32. The Morgan fingerprint density at radius 1 is 1.13 bits per heavy atom. The molecule has 0 spiro atoms. The molecule has 0 amide bonds. The van der Waals surface area contributed by atoms with Gasteiger partial charge in [0.2, 0.25) is 0 Å². The van der Waals surface area contributed by atoms with Crippen LogP contribution in [-0.4, -0.2) is 18.0 Å². The Kier molecular flexibility index (Phi) is 3.11. The topological polar surface area (TPSA) is 3.24 Å². The van der Waals surface area contributed by atoms with Crippen molar-refractivity contribution in [2.75, 3.05) is 7.05 Å². The molecule has 1 nitrogen and oxygen atoms in total. The number of benzene rings is 1. The lowest BCUT2D eigenvalue weighted by atomic mass is 10.0. The van der Waals surface area contributed by atoms with Gasteiger partial charge in [-0.05, 0) is 31.4 Å². The normalized spacial score (nSPS) is 27.5. The fraction of sp³-hybridized carbons (Fsp3) is 0.571. The maximum Gasteiger partial charge on any atom is 0.0348 e. The lowest BCUT2D eigenvalue weighted by Gasteiger charge is -2.28. The van der Waals surface area contributed by atoms with E-state index in [0.717, 1.165) is 12.0 Å². The second-order valence-corrected chi connectivity index (χ2v) is 4.98. The first-order valence-corrected chi connectivity index (χ1v) is 5.97. The van der Waals surface area contributed by atoms with Gasteiger partial charge in [0.25, 0.3) is 0 Å². The Morgan fingerprint density at radius 2 is 1.80 bits per heavy atom. The first-order valence-electron chi connectivity index (χ1n) is 5.97. The molecule has 1 aromatic carbocycles. The zero-order valence-electron chi connectivity index (χ0n) is 9.98. The molecule has 1 aliphatic heterocycles. The van der Waals surface area contributed by atoms with Crippen molar-refractivity contribution in [1.29, 1.82) is 0 Å². The summed E-state index contributed by atoms with van der Waals surface area (Å²) >= 11 is 0. The maximum atomic E-state index is 2.56. The second kappa shape index (κ2) is 4.36. The van der Waals surface area contributed by atoms with Crippen LogP contribution in [0.2, 0.25) is 0 Å². The second-order valence-electron chi connectivity index (χ2n) is 4.98. The molecule has 0 saturated carbocycles. The third-order valence-corrected chi connectivity index (χ3v) is 3.70. The van der Waals surface area contributed by atoms with Crippen LogP contribution < -0.4 is 0 Å². The van der Waals surface area contributed by atoms with E-state index in [2.05, 4.69) is 56.1 Å². The Hall–Kier alpha value is -0.820. The standard InChI is InChI=1S/C14H21N/c1-11(2)13-9-10-14(15(13)3)12-7-5-4-6-8-12/h4-8,11,13-14H,9-10H2,1-3H3. The van der Waals surface area contributed by atoms with Gasteiger partial charge < -0.3 is 0 Å². The molecule has 1 heteroatoms. The largest absolute Gasteiger partial charge is 0.296 e. The van der Waals surface area contributed by atoms with Crippen LogP contribution in [0, 0.1) is 5.92 Å². The summed E-state index contributed by atoms with van der Waals surface area (Å²) in [6, 6.07) is 12.3. The molecular weight excluding hydrogens is 182 g/mol. The van der Waals surface area contributed by atoms with E-state index in [4.69, 9.17) is 0 Å². The molecule has 2 unspecified atom stereocenters. The Bertz CT molecular complexity index is 304. The Labute approximate surface area is 93.1 Å². The van der Waals surface area contributed by atoms with Gasteiger partial charge in [-0.1, -0.05) is 44.2 Å². The minimum atomic E-state index is 0.638. The van der Waals surface area contributed by atoms with Crippen molar-refractivity contribution in [1.82, 2.24) is 4.90 Å². The van der Waals surface area contributed by atoms with Crippen LogP contribution >= 0.6 is 0 Å². The Balaban J connectivity index is 2.14. The lowest BCUT2D eigenvalue weighted by molar-refractivity contribution is 0.200. The average molecular weight is 203 g/mol.